The lowest BCUT2D eigenvalue weighted by Crippen LogP contribution is -2.37. The van der Waals surface area contributed by atoms with Gasteiger partial charge in [0.1, 0.15) is 11.3 Å². The van der Waals surface area contributed by atoms with Gasteiger partial charge in [0.25, 0.3) is 0 Å². The van der Waals surface area contributed by atoms with Crippen LogP contribution in [-0.4, -0.2) is 32.6 Å². The first-order valence-electron chi connectivity index (χ1n) is 5.53. The fourth-order valence-corrected chi connectivity index (χ4v) is 3.88. The van der Waals surface area contributed by atoms with Crippen LogP contribution in [-0.2, 0) is 9.84 Å². The van der Waals surface area contributed by atoms with Crippen LogP contribution in [0.25, 0.3) is 0 Å². The maximum Gasteiger partial charge on any atom is 0.153 e. The van der Waals surface area contributed by atoms with Gasteiger partial charge in [-0.25, -0.2) is 8.42 Å². The molecule has 0 amide bonds. The van der Waals surface area contributed by atoms with Gasteiger partial charge in [-0.3, -0.25) is 0 Å². The zero-order valence-electron chi connectivity index (χ0n) is 10.0. The zero-order valence-corrected chi connectivity index (χ0v) is 10.8. The molecule has 1 saturated heterocycles. The van der Waals surface area contributed by atoms with Gasteiger partial charge < -0.3 is 10.1 Å². The Morgan fingerprint density at radius 3 is 2.83 bits per heavy atom. The van der Waals surface area contributed by atoms with Crippen LogP contribution in [0.5, 0.6) is 5.75 Å². The van der Waals surface area contributed by atoms with Crippen LogP contribution in [0.3, 0.4) is 0 Å². The Bertz CT molecular complexity index is 592. The molecule has 1 heterocycles. The number of hydrogen-bond donors (Lipinski definition) is 1. The Morgan fingerprint density at radius 2 is 2.28 bits per heavy atom. The topological polar surface area (TPSA) is 79.2 Å². The highest BCUT2D eigenvalue weighted by molar-refractivity contribution is 7.91. The Labute approximate surface area is 106 Å². The van der Waals surface area contributed by atoms with Crippen molar-refractivity contribution in [3.63, 3.8) is 0 Å². The molecule has 6 heteroatoms. The molecule has 0 bridgehead atoms. The highest BCUT2D eigenvalue weighted by Crippen LogP contribution is 2.28. The number of hydrogen-bond acceptors (Lipinski definition) is 5. The van der Waals surface area contributed by atoms with Gasteiger partial charge in [0, 0.05) is 11.8 Å². The quantitative estimate of drug-likeness (QED) is 0.889. The second kappa shape index (κ2) is 4.50. The van der Waals surface area contributed by atoms with Crippen LogP contribution in [0.2, 0.25) is 0 Å². The molecule has 5 nitrogen and oxygen atoms in total. The molecule has 1 atom stereocenters. The Hall–Kier alpha value is -1.74. The number of benzene rings is 1. The Morgan fingerprint density at radius 1 is 1.50 bits per heavy atom. The maximum atomic E-state index is 11.5. The van der Waals surface area contributed by atoms with E-state index in [2.05, 4.69) is 11.4 Å². The van der Waals surface area contributed by atoms with Crippen LogP contribution in [0.4, 0.5) is 5.69 Å². The lowest BCUT2D eigenvalue weighted by Gasteiger charge is -2.22. The second-order valence-electron chi connectivity index (χ2n) is 4.39. The van der Waals surface area contributed by atoms with Gasteiger partial charge in [0.15, 0.2) is 9.84 Å². The van der Waals surface area contributed by atoms with Gasteiger partial charge in [-0.05, 0) is 18.6 Å². The molecule has 2 rings (SSSR count). The third kappa shape index (κ3) is 2.57. The van der Waals surface area contributed by atoms with Crippen molar-refractivity contribution in [3.05, 3.63) is 24.3 Å². The molecule has 0 aliphatic carbocycles. The van der Waals surface area contributed by atoms with Crippen molar-refractivity contribution in [1.29, 1.82) is 5.26 Å². The van der Waals surface area contributed by atoms with Crippen molar-refractivity contribution in [2.24, 2.45) is 0 Å². The van der Waals surface area contributed by atoms with Crippen molar-refractivity contribution in [2.45, 2.75) is 12.0 Å². The molecule has 0 aromatic heterocycles. The summed E-state index contributed by atoms with van der Waals surface area (Å²) in [6, 6.07) is 9.19. The van der Waals surface area contributed by atoms with E-state index in [9.17, 15) is 13.7 Å². The van der Waals surface area contributed by atoms with E-state index in [4.69, 9.17) is 4.74 Å². The second-order valence-corrected chi connectivity index (χ2v) is 6.58. The molecule has 0 radical (unpaired) electrons. The van der Waals surface area contributed by atoms with Crippen molar-refractivity contribution in [1.82, 2.24) is 0 Å². The molecule has 1 unspecified atom stereocenters. The van der Waals surface area contributed by atoms with Gasteiger partial charge in [0.2, 0.25) is 0 Å². The van der Waals surface area contributed by atoms with Gasteiger partial charge in [-0.1, -0.05) is 6.07 Å². The lowest BCUT2D eigenvalue weighted by atomic mass is 10.0. The van der Waals surface area contributed by atoms with Crippen LogP contribution >= 0.6 is 0 Å². The average molecular weight is 266 g/mol. The molecular formula is C12H14N2O3S. The average Bonchev–Trinajstić information content (AvgIpc) is 2.66. The molecule has 18 heavy (non-hydrogen) atoms. The molecule has 0 spiro atoms. The third-order valence-electron chi connectivity index (χ3n) is 2.97. The molecule has 96 valence electrons. The first-order valence-corrected chi connectivity index (χ1v) is 7.35. The lowest BCUT2D eigenvalue weighted by molar-refractivity contribution is 0.415. The van der Waals surface area contributed by atoms with E-state index in [0.717, 1.165) is 0 Å². The Balaban J connectivity index is 2.24. The number of nitrogens with one attached hydrogen (secondary N) is 1. The number of nitrogens with zero attached hydrogens (tertiary/aromatic N) is 1. The van der Waals surface area contributed by atoms with Gasteiger partial charge >= 0.3 is 0 Å². The molecule has 1 aromatic rings. The summed E-state index contributed by atoms with van der Waals surface area (Å²) in [5, 5.41) is 12.2. The molecule has 1 aliphatic heterocycles. The standard InChI is InChI=1S/C12H14N2O3S/c1-17-11-4-2-3-10(7-11)14-12(8-13)5-6-18(15,16)9-12/h2-4,7,14H,5-6,9H2,1H3. The van der Waals surface area contributed by atoms with E-state index in [0.29, 0.717) is 17.9 Å². The summed E-state index contributed by atoms with van der Waals surface area (Å²) >= 11 is 0. The summed E-state index contributed by atoms with van der Waals surface area (Å²) in [5.41, 5.74) is -0.335. The van der Waals surface area contributed by atoms with Crippen molar-refractivity contribution in [2.75, 3.05) is 23.9 Å². The van der Waals surface area contributed by atoms with E-state index in [1.165, 1.54) is 0 Å². The minimum absolute atomic E-state index is 0.0531. The minimum Gasteiger partial charge on any atom is -0.497 e. The minimum atomic E-state index is -3.12. The van der Waals surface area contributed by atoms with E-state index < -0.39 is 15.4 Å². The smallest absolute Gasteiger partial charge is 0.153 e. The highest BCUT2D eigenvalue weighted by atomic mass is 32.2. The van der Waals surface area contributed by atoms with Gasteiger partial charge in [-0.15, -0.1) is 0 Å². The number of ether oxygens (including phenoxy) is 1. The van der Waals surface area contributed by atoms with E-state index >= 15 is 0 Å². The summed E-state index contributed by atoms with van der Waals surface area (Å²) < 4.78 is 28.1. The summed E-state index contributed by atoms with van der Waals surface area (Å²) in [5.74, 6) is 0.569. The molecule has 1 N–H and O–H groups in total. The van der Waals surface area contributed by atoms with Gasteiger partial charge in [-0.2, -0.15) is 5.26 Å². The van der Waals surface area contributed by atoms with Crippen molar-refractivity contribution in [3.8, 4) is 11.8 Å². The SMILES string of the molecule is COc1cccc(NC2(C#N)CCS(=O)(=O)C2)c1. The zero-order chi connectivity index (χ0) is 13.2. The van der Waals surface area contributed by atoms with E-state index in [1.807, 2.05) is 0 Å². The fraction of sp³-hybridized carbons (Fsp3) is 0.417. The Kier molecular flexibility index (Phi) is 3.18. The highest BCUT2D eigenvalue weighted by Gasteiger charge is 2.42. The number of nitriles is 1. The van der Waals surface area contributed by atoms with Gasteiger partial charge in [0.05, 0.1) is 24.7 Å². The van der Waals surface area contributed by atoms with Crippen molar-refractivity contribution < 1.29 is 13.2 Å². The molecule has 1 aliphatic rings. The first kappa shape index (κ1) is 12.7. The number of sulfone groups is 1. The monoisotopic (exact) mass is 266 g/mol. The van der Waals surface area contributed by atoms with E-state index in [-0.39, 0.29) is 11.5 Å². The summed E-state index contributed by atoms with van der Waals surface area (Å²) in [6.45, 7) is 0. The molecular weight excluding hydrogens is 252 g/mol. The number of anilines is 1. The summed E-state index contributed by atoms with van der Waals surface area (Å²) in [6.07, 6.45) is 0.309. The maximum absolute atomic E-state index is 11.5. The fourth-order valence-electron chi connectivity index (χ4n) is 2.04. The third-order valence-corrected chi connectivity index (χ3v) is 4.73. The summed E-state index contributed by atoms with van der Waals surface area (Å²) in [7, 11) is -1.56. The number of rotatable bonds is 3. The van der Waals surface area contributed by atoms with Crippen molar-refractivity contribution >= 4 is 15.5 Å². The van der Waals surface area contributed by atoms with Crippen LogP contribution < -0.4 is 10.1 Å². The largest absolute Gasteiger partial charge is 0.497 e. The molecule has 0 saturated carbocycles. The van der Waals surface area contributed by atoms with Crippen LogP contribution in [0, 0.1) is 11.3 Å². The predicted molar refractivity (Wildman–Crippen MR) is 68.2 cm³/mol. The predicted octanol–water partition coefficient (Wildman–Crippen LogP) is 1.19. The van der Waals surface area contributed by atoms with E-state index in [1.54, 1.807) is 31.4 Å². The van der Waals surface area contributed by atoms with Crippen LogP contribution in [0.15, 0.2) is 24.3 Å². The summed E-state index contributed by atoms with van der Waals surface area (Å²) in [4.78, 5) is 0. The molecule has 1 fully saturated rings. The normalized spacial score (nSPS) is 25.3. The first-order chi connectivity index (χ1) is 8.49. The van der Waals surface area contributed by atoms with Crippen LogP contribution in [0.1, 0.15) is 6.42 Å². The number of methoxy groups -OCH3 is 1. The molecule has 1 aromatic carbocycles.